The van der Waals surface area contributed by atoms with Gasteiger partial charge in [-0.3, -0.25) is 4.79 Å². The molecule has 28 heavy (non-hydrogen) atoms. The second-order valence-corrected chi connectivity index (χ2v) is 7.55. The fraction of sp³-hybridized carbons (Fsp3) is 0.476. The molecule has 0 saturated carbocycles. The number of carbonyl (C=O) groups is 1. The molecule has 0 bridgehead atoms. The van der Waals surface area contributed by atoms with Crippen LogP contribution in [-0.4, -0.2) is 59.8 Å². The van der Waals surface area contributed by atoms with Crippen LogP contribution in [0.3, 0.4) is 0 Å². The molecule has 4 rings (SSSR count). The molecule has 1 aromatic heterocycles. The Labute approximate surface area is 165 Å². The van der Waals surface area contributed by atoms with Gasteiger partial charge in [-0.2, -0.15) is 0 Å². The number of hydrogen-bond donors (Lipinski definition) is 0. The van der Waals surface area contributed by atoms with Crippen LogP contribution < -0.4 is 9.80 Å². The summed E-state index contributed by atoms with van der Waals surface area (Å²) in [6.45, 7) is 5.68. The zero-order chi connectivity index (χ0) is 19.5. The summed E-state index contributed by atoms with van der Waals surface area (Å²) in [6, 6.07) is 10.7. The average Bonchev–Trinajstić information content (AvgIpc) is 2.74. The predicted molar refractivity (Wildman–Crippen MR) is 107 cm³/mol. The van der Waals surface area contributed by atoms with Crippen LogP contribution in [0, 0.1) is 5.82 Å². The minimum atomic E-state index is -0.469. The van der Waals surface area contributed by atoms with Gasteiger partial charge in [0.1, 0.15) is 5.82 Å². The molecule has 0 spiro atoms. The van der Waals surface area contributed by atoms with E-state index in [4.69, 9.17) is 0 Å². The van der Waals surface area contributed by atoms with E-state index in [2.05, 4.69) is 26.9 Å². The zero-order valence-electron chi connectivity index (χ0n) is 16.2. The van der Waals surface area contributed by atoms with Crippen molar-refractivity contribution in [3.63, 3.8) is 0 Å². The van der Waals surface area contributed by atoms with Gasteiger partial charge >= 0.3 is 0 Å². The molecule has 0 N–H and O–H groups in total. The van der Waals surface area contributed by atoms with E-state index >= 15 is 0 Å². The molecule has 2 aliphatic heterocycles. The number of piperidine rings is 1. The fourth-order valence-electron chi connectivity index (χ4n) is 4.02. The molecule has 0 aliphatic carbocycles. The molecule has 148 valence electrons. The van der Waals surface area contributed by atoms with Crippen LogP contribution in [-0.2, 0) is 0 Å². The van der Waals surface area contributed by atoms with E-state index in [1.165, 1.54) is 31.4 Å². The van der Waals surface area contributed by atoms with E-state index in [-0.39, 0.29) is 11.5 Å². The minimum absolute atomic E-state index is 0.135. The van der Waals surface area contributed by atoms with Crippen molar-refractivity contribution in [3.05, 3.63) is 47.8 Å². The van der Waals surface area contributed by atoms with E-state index in [1.54, 1.807) is 17.0 Å². The molecule has 1 atom stereocenters. The molecule has 2 fully saturated rings. The zero-order valence-corrected chi connectivity index (χ0v) is 16.2. The summed E-state index contributed by atoms with van der Waals surface area (Å²) in [5, 5.41) is 8.87. The first-order valence-corrected chi connectivity index (χ1v) is 10.0. The Balaban J connectivity index is 1.37. The van der Waals surface area contributed by atoms with Gasteiger partial charge in [0, 0.05) is 38.8 Å². The third-order valence-corrected chi connectivity index (χ3v) is 5.73. The van der Waals surface area contributed by atoms with Gasteiger partial charge in [0.05, 0.1) is 5.56 Å². The predicted octanol–water partition coefficient (Wildman–Crippen LogP) is 2.96. The Kier molecular flexibility index (Phi) is 5.41. The number of nitrogens with zero attached hydrogens (tertiary/aromatic N) is 5. The number of anilines is 2. The highest BCUT2D eigenvalue weighted by atomic mass is 19.1. The Morgan fingerprint density at radius 3 is 2.36 bits per heavy atom. The molecule has 0 radical (unpaired) electrons. The molecular formula is C21H26FN5O. The maximum Gasteiger partial charge on any atom is 0.256 e. The molecule has 7 heteroatoms. The summed E-state index contributed by atoms with van der Waals surface area (Å²) in [4.78, 5) is 18.7. The second-order valence-electron chi connectivity index (χ2n) is 7.55. The van der Waals surface area contributed by atoms with Crippen molar-refractivity contribution in [2.24, 2.45) is 0 Å². The number of rotatable bonds is 3. The number of aromatic nitrogens is 2. The van der Waals surface area contributed by atoms with Gasteiger partial charge in [0.25, 0.3) is 5.91 Å². The Morgan fingerprint density at radius 2 is 1.68 bits per heavy atom. The fourth-order valence-corrected chi connectivity index (χ4v) is 4.02. The summed E-state index contributed by atoms with van der Waals surface area (Å²) in [5.41, 5.74) is 0.135. The van der Waals surface area contributed by atoms with E-state index < -0.39 is 5.82 Å². The first-order valence-electron chi connectivity index (χ1n) is 10.0. The summed E-state index contributed by atoms with van der Waals surface area (Å²) in [6.07, 6.45) is 3.67. The van der Waals surface area contributed by atoms with Gasteiger partial charge in [-0.15, -0.1) is 10.2 Å². The molecule has 2 aliphatic rings. The normalized spacial score (nSPS) is 20.4. The lowest BCUT2D eigenvalue weighted by atomic mass is 10.0. The molecule has 1 amide bonds. The number of benzene rings is 1. The smallest absolute Gasteiger partial charge is 0.256 e. The quantitative estimate of drug-likeness (QED) is 0.816. The van der Waals surface area contributed by atoms with Gasteiger partial charge < -0.3 is 14.7 Å². The lowest BCUT2D eigenvalue weighted by Crippen LogP contribution is -2.49. The highest BCUT2D eigenvalue weighted by molar-refractivity contribution is 5.94. The topological polar surface area (TPSA) is 52.6 Å². The van der Waals surface area contributed by atoms with E-state index in [0.717, 1.165) is 18.2 Å². The maximum atomic E-state index is 13.9. The number of amides is 1. The lowest BCUT2D eigenvalue weighted by Gasteiger charge is -2.36. The van der Waals surface area contributed by atoms with Gasteiger partial charge in [-0.05, 0) is 50.5 Å². The number of hydrogen-bond acceptors (Lipinski definition) is 5. The molecular weight excluding hydrogens is 357 g/mol. The minimum Gasteiger partial charge on any atom is -0.352 e. The van der Waals surface area contributed by atoms with E-state index in [0.29, 0.717) is 32.2 Å². The van der Waals surface area contributed by atoms with Gasteiger partial charge in [0.2, 0.25) is 0 Å². The number of piperazine rings is 1. The van der Waals surface area contributed by atoms with Crippen LogP contribution in [0.4, 0.5) is 16.0 Å². The van der Waals surface area contributed by atoms with Crippen LogP contribution in [0.25, 0.3) is 0 Å². The summed E-state index contributed by atoms with van der Waals surface area (Å²) >= 11 is 0. The third-order valence-electron chi connectivity index (χ3n) is 5.73. The van der Waals surface area contributed by atoms with Crippen LogP contribution in [0.15, 0.2) is 36.4 Å². The highest BCUT2D eigenvalue weighted by Crippen LogP contribution is 2.24. The highest BCUT2D eigenvalue weighted by Gasteiger charge is 2.25. The number of halogens is 1. The first-order chi connectivity index (χ1) is 13.6. The standard InChI is InChI=1S/C21H26FN5O/c1-16-6-4-5-11-27(16)20-10-9-19(23-24-20)25-12-14-26(15-13-25)21(28)17-7-2-3-8-18(17)22/h2-3,7-10,16H,4-6,11-15H2,1H3. The van der Waals surface area contributed by atoms with E-state index in [9.17, 15) is 9.18 Å². The second kappa shape index (κ2) is 8.12. The van der Waals surface area contributed by atoms with Crippen LogP contribution >= 0.6 is 0 Å². The largest absolute Gasteiger partial charge is 0.352 e. The molecule has 2 saturated heterocycles. The SMILES string of the molecule is CC1CCCCN1c1ccc(N2CCN(C(=O)c3ccccc3F)CC2)nn1. The van der Waals surface area contributed by atoms with Crippen molar-refractivity contribution in [1.82, 2.24) is 15.1 Å². The average molecular weight is 383 g/mol. The molecule has 3 heterocycles. The molecule has 1 aromatic carbocycles. The van der Waals surface area contributed by atoms with Crippen LogP contribution in [0.5, 0.6) is 0 Å². The Morgan fingerprint density at radius 1 is 0.964 bits per heavy atom. The Hall–Kier alpha value is -2.70. The van der Waals surface area contributed by atoms with Crippen molar-refractivity contribution in [3.8, 4) is 0 Å². The summed E-state index contributed by atoms with van der Waals surface area (Å²) in [5.74, 6) is 1.04. The third kappa shape index (κ3) is 3.79. The van der Waals surface area contributed by atoms with Crippen molar-refractivity contribution in [2.75, 3.05) is 42.5 Å². The summed E-state index contributed by atoms with van der Waals surface area (Å²) < 4.78 is 13.9. The van der Waals surface area contributed by atoms with Gasteiger partial charge in [-0.1, -0.05) is 12.1 Å². The van der Waals surface area contributed by atoms with Crippen molar-refractivity contribution in [2.45, 2.75) is 32.2 Å². The van der Waals surface area contributed by atoms with Crippen molar-refractivity contribution < 1.29 is 9.18 Å². The van der Waals surface area contributed by atoms with E-state index in [1.807, 2.05) is 12.1 Å². The summed E-state index contributed by atoms with van der Waals surface area (Å²) in [7, 11) is 0. The van der Waals surface area contributed by atoms with Gasteiger partial charge in [-0.25, -0.2) is 4.39 Å². The van der Waals surface area contributed by atoms with Crippen LogP contribution in [0.1, 0.15) is 36.5 Å². The van der Waals surface area contributed by atoms with Crippen LogP contribution in [0.2, 0.25) is 0 Å². The van der Waals surface area contributed by atoms with Crippen molar-refractivity contribution >= 4 is 17.5 Å². The number of carbonyl (C=O) groups excluding carboxylic acids is 1. The molecule has 1 unspecified atom stereocenters. The Bertz CT molecular complexity index is 820. The first kappa shape index (κ1) is 18.7. The molecule has 2 aromatic rings. The lowest BCUT2D eigenvalue weighted by molar-refractivity contribution is 0.0742. The van der Waals surface area contributed by atoms with Crippen molar-refractivity contribution in [1.29, 1.82) is 0 Å². The molecule has 6 nitrogen and oxygen atoms in total. The van der Waals surface area contributed by atoms with Gasteiger partial charge in [0.15, 0.2) is 11.6 Å². The maximum absolute atomic E-state index is 13.9. The monoisotopic (exact) mass is 383 g/mol.